The lowest BCUT2D eigenvalue weighted by molar-refractivity contribution is -0.274. The van der Waals surface area contributed by atoms with Gasteiger partial charge in [0.1, 0.15) is 5.75 Å². The Bertz CT molecular complexity index is 808. The van der Waals surface area contributed by atoms with Gasteiger partial charge in [0.2, 0.25) is 0 Å². The van der Waals surface area contributed by atoms with Crippen LogP contribution < -0.4 is 15.0 Å². The summed E-state index contributed by atoms with van der Waals surface area (Å²) in [6, 6.07) is 12.3. The average molecular weight is 400 g/mol. The number of nitrogens with one attached hydrogen (secondary N) is 1. The zero-order valence-electron chi connectivity index (χ0n) is 14.2. The van der Waals surface area contributed by atoms with E-state index in [0.29, 0.717) is 31.2 Å². The van der Waals surface area contributed by atoms with Crippen LogP contribution in [0.25, 0.3) is 0 Å². The maximum Gasteiger partial charge on any atom is 0.573 e. The fourth-order valence-electron chi connectivity index (χ4n) is 2.81. The molecular formula is C18H17ClF3N3O2. The summed E-state index contributed by atoms with van der Waals surface area (Å²) in [7, 11) is 0. The first-order chi connectivity index (χ1) is 12.8. The first kappa shape index (κ1) is 19.2. The Morgan fingerprint density at radius 1 is 1.04 bits per heavy atom. The normalized spacial score (nSPS) is 14.8. The third-order valence-electron chi connectivity index (χ3n) is 4.06. The van der Waals surface area contributed by atoms with Crippen LogP contribution in [0.5, 0.6) is 5.75 Å². The van der Waals surface area contributed by atoms with Crippen molar-refractivity contribution in [1.29, 1.82) is 0 Å². The number of piperazine rings is 1. The fourth-order valence-corrected chi connectivity index (χ4v) is 3.00. The van der Waals surface area contributed by atoms with Crippen LogP contribution in [0, 0.1) is 0 Å². The van der Waals surface area contributed by atoms with Gasteiger partial charge in [-0.2, -0.15) is 0 Å². The molecule has 0 spiro atoms. The molecule has 0 aliphatic carbocycles. The molecule has 2 amide bonds. The summed E-state index contributed by atoms with van der Waals surface area (Å²) in [5.74, 6) is -0.383. The van der Waals surface area contributed by atoms with Crippen molar-refractivity contribution in [2.75, 3.05) is 36.4 Å². The van der Waals surface area contributed by atoms with E-state index in [0.717, 1.165) is 11.8 Å². The number of nitrogens with zero attached hydrogens (tertiary/aromatic N) is 2. The fraction of sp³-hybridized carbons (Fsp3) is 0.278. The van der Waals surface area contributed by atoms with Crippen molar-refractivity contribution in [3.05, 3.63) is 53.6 Å². The van der Waals surface area contributed by atoms with Crippen molar-refractivity contribution in [3.63, 3.8) is 0 Å². The lowest BCUT2D eigenvalue weighted by atomic mass is 10.2. The maximum atomic E-state index is 12.4. The second-order valence-electron chi connectivity index (χ2n) is 5.96. The number of anilines is 2. The summed E-state index contributed by atoms with van der Waals surface area (Å²) >= 11 is 6.00. The number of halogens is 4. The van der Waals surface area contributed by atoms with Gasteiger partial charge in [0.25, 0.3) is 0 Å². The smallest absolute Gasteiger partial charge is 0.406 e. The molecular weight excluding hydrogens is 383 g/mol. The third kappa shape index (κ3) is 5.43. The summed E-state index contributed by atoms with van der Waals surface area (Å²) < 4.78 is 40.8. The second-order valence-corrected chi connectivity index (χ2v) is 6.40. The highest BCUT2D eigenvalue weighted by atomic mass is 35.5. The number of urea groups is 1. The largest absolute Gasteiger partial charge is 0.573 e. The van der Waals surface area contributed by atoms with Gasteiger partial charge in [-0.05, 0) is 30.3 Å². The molecule has 0 atom stereocenters. The number of hydrogen-bond acceptors (Lipinski definition) is 3. The molecule has 0 radical (unpaired) electrons. The van der Waals surface area contributed by atoms with E-state index < -0.39 is 6.36 Å². The highest BCUT2D eigenvalue weighted by Crippen LogP contribution is 2.25. The number of carbonyl (C=O) groups excluding carboxylic acids is 1. The number of alkyl halides is 3. The Hall–Kier alpha value is -2.61. The monoisotopic (exact) mass is 399 g/mol. The molecule has 9 heteroatoms. The number of hydrogen-bond donors (Lipinski definition) is 1. The van der Waals surface area contributed by atoms with E-state index in [1.54, 1.807) is 11.0 Å². The predicted octanol–water partition coefficient (Wildman–Crippen LogP) is 4.59. The van der Waals surface area contributed by atoms with Crippen molar-refractivity contribution in [2.24, 2.45) is 0 Å². The van der Waals surface area contributed by atoms with Gasteiger partial charge in [-0.1, -0.05) is 23.7 Å². The quantitative estimate of drug-likeness (QED) is 0.820. The van der Waals surface area contributed by atoms with Crippen LogP contribution in [0.2, 0.25) is 5.02 Å². The van der Waals surface area contributed by atoms with E-state index in [1.165, 1.54) is 18.2 Å². The van der Waals surface area contributed by atoms with Crippen LogP contribution in [-0.2, 0) is 0 Å². The predicted molar refractivity (Wildman–Crippen MR) is 97.4 cm³/mol. The number of benzene rings is 2. The molecule has 3 rings (SSSR count). The van der Waals surface area contributed by atoms with Crippen molar-refractivity contribution in [2.45, 2.75) is 6.36 Å². The molecule has 1 N–H and O–H groups in total. The van der Waals surface area contributed by atoms with Gasteiger partial charge >= 0.3 is 12.4 Å². The van der Waals surface area contributed by atoms with Gasteiger partial charge in [-0.25, -0.2) is 4.79 Å². The topological polar surface area (TPSA) is 44.8 Å². The molecule has 0 aromatic heterocycles. The van der Waals surface area contributed by atoms with Crippen LogP contribution in [0.4, 0.5) is 29.3 Å². The van der Waals surface area contributed by atoms with Crippen molar-refractivity contribution in [1.82, 2.24) is 4.90 Å². The van der Waals surface area contributed by atoms with Gasteiger partial charge in [0, 0.05) is 48.6 Å². The SMILES string of the molecule is O=C(Nc1cccc(OC(F)(F)F)c1)N1CCN(c2cccc(Cl)c2)CC1. The molecule has 0 bridgehead atoms. The summed E-state index contributed by atoms with van der Waals surface area (Å²) in [5.41, 5.74) is 1.22. The Labute approximate surface area is 159 Å². The molecule has 2 aromatic rings. The van der Waals surface area contributed by atoms with Crippen LogP contribution in [0.3, 0.4) is 0 Å². The van der Waals surface area contributed by atoms with Gasteiger partial charge in [0.05, 0.1) is 0 Å². The third-order valence-corrected chi connectivity index (χ3v) is 4.29. The van der Waals surface area contributed by atoms with E-state index in [4.69, 9.17) is 11.6 Å². The van der Waals surface area contributed by atoms with Crippen LogP contribution in [0.1, 0.15) is 0 Å². The zero-order valence-corrected chi connectivity index (χ0v) is 14.9. The Balaban J connectivity index is 1.56. The minimum absolute atomic E-state index is 0.235. The lowest BCUT2D eigenvalue weighted by Gasteiger charge is -2.36. The molecule has 1 heterocycles. The summed E-state index contributed by atoms with van der Waals surface area (Å²) in [6.45, 7) is 2.23. The van der Waals surface area contributed by atoms with E-state index in [1.807, 2.05) is 18.2 Å². The molecule has 0 saturated carbocycles. The van der Waals surface area contributed by atoms with Gasteiger partial charge in [-0.15, -0.1) is 13.2 Å². The Morgan fingerprint density at radius 3 is 2.41 bits per heavy atom. The summed E-state index contributed by atoms with van der Waals surface area (Å²) in [6.07, 6.45) is -4.78. The van der Waals surface area contributed by atoms with Gasteiger partial charge < -0.3 is 19.9 Å². The molecule has 27 heavy (non-hydrogen) atoms. The molecule has 1 aliphatic heterocycles. The molecule has 1 saturated heterocycles. The Kier molecular flexibility index (Phi) is 5.65. The van der Waals surface area contributed by atoms with E-state index in [-0.39, 0.29) is 17.5 Å². The first-order valence-corrected chi connectivity index (χ1v) is 8.60. The highest BCUT2D eigenvalue weighted by molar-refractivity contribution is 6.30. The zero-order chi connectivity index (χ0) is 19.4. The highest BCUT2D eigenvalue weighted by Gasteiger charge is 2.31. The van der Waals surface area contributed by atoms with E-state index in [9.17, 15) is 18.0 Å². The standard InChI is InChI=1S/C18H17ClF3N3O2/c19-13-3-1-5-15(11-13)24-7-9-25(10-8-24)17(26)23-14-4-2-6-16(12-14)27-18(20,21)22/h1-6,11-12H,7-10H2,(H,23,26). The number of ether oxygens (including phenoxy) is 1. The molecule has 1 fully saturated rings. The summed E-state index contributed by atoms with van der Waals surface area (Å²) in [5, 5.41) is 3.25. The lowest BCUT2D eigenvalue weighted by Crippen LogP contribution is -2.50. The van der Waals surface area contributed by atoms with Gasteiger partial charge in [-0.3, -0.25) is 0 Å². The number of amides is 2. The van der Waals surface area contributed by atoms with Crippen molar-refractivity contribution >= 4 is 29.0 Å². The maximum absolute atomic E-state index is 12.4. The van der Waals surface area contributed by atoms with Crippen LogP contribution in [-0.4, -0.2) is 43.5 Å². The van der Waals surface area contributed by atoms with Crippen molar-refractivity contribution in [3.8, 4) is 5.75 Å². The second kappa shape index (κ2) is 7.96. The first-order valence-electron chi connectivity index (χ1n) is 8.22. The molecule has 5 nitrogen and oxygen atoms in total. The van der Waals surface area contributed by atoms with E-state index >= 15 is 0 Å². The minimum atomic E-state index is -4.78. The summed E-state index contributed by atoms with van der Waals surface area (Å²) in [4.78, 5) is 16.1. The van der Waals surface area contributed by atoms with E-state index in [2.05, 4.69) is 15.0 Å². The minimum Gasteiger partial charge on any atom is -0.406 e. The molecule has 1 aliphatic rings. The molecule has 144 valence electrons. The van der Waals surface area contributed by atoms with Crippen LogP contribution >= 0.6 is 11.6 Å². The molecule has 0 unspecified atom stereocenters. The van der Waals surface area contributed by atoms with Gasteiger partial charge in [0.15, 0.2) is 0 Å². The van der Waals surface area contributed by atoms with Crippen LogP contribution in [0.15, 0.2) is 48.5 Å². The number of rotatable bonds is 3. The Morgan fingerprint density at radius 2 is 1.74 bits per heavy atom. The number of carbonyl (C=O) groups is 1. The average Bonchev–Trinajstić information content (AvgIpc) is 2.61. The molecule has 2 aromatic carbocycles. The van der Waals surface area contributed by atoms with Crippen molar-refractivity contribution < 1.29 is 22.7 Å².